The van der Waals surface area contributed by atoms with Crippen molar-refractivity contribution in [3.8, 4) is 0 Å². The Morgan fingerprint density at radius 2 is 0.626 bits per heavy atom. The topological polar surface area (TPSA) is 111 Å². The number of aliphatic carboxylic acids is 1. The van der Waals surface area contributed by atoms with Crippen molar-refractivity contribution in [2.45, 2.75) is 360 Å². The molecular weight excluding hydrogens is 1130 g/mol. The zero-order valence-corrected chi connectivity index (χ0v) is 60.2. The van der Waals surface area contributed by atoms with Crippen LogP contribution in [0.3, 0.4) is 0 Å². The van der Waals surface area contributed by atoms with E-state index in [0.29, 0.717) is 23.9 Å². The second kappa shape index (κ2) is 72.0. The maximum Gasteiger partial charge on any atom is 0.306 e. The monoisotopic (exact) mass is 1270 g/mol. The van der Waals surface area contributed by atoms with Crippen molar-refractivity contribution in [2.75, 3.05) is 47.5 Å². The van der Waals surface area contributed by atoms with Crippen molar-refractivity contribution < 1.29 is 42.9 Å². The van der Waals surface area contributed by atoms with E-state index in [4.69, 9.17) is 18.9 Å². The number of likely N-dealkylation sites (N-methyl/N-ethyl adjacent to an activating group) is 1. The van der Waals surface area contributed by atoms with Crippen LogP contribution in [-0.4, -0.2) is 82.3 Å². The standard InChI is InChI=1S/C82H145NO8/c1-6-8-10-12-14-16-18-20-22-24-26-28-30-32-33-34-35-36-37-38-39-40-41-42-43-44-45-46-47-49-51-53-55-57-59-61-63-65-67-69-71-73-80(85)91-78(77-90-82(81(86)87)88-75-74-83(3,4)5)76-89-79(84)72-70-68-66-64-62-60-58-56-54-52-50-48-31-29-27-25-23-21-19-17-15-13-11-9-7-2/h8,10,14,16,20,22,25-28,32-33,35-36,38-39,78,82H,6-7,9,11-13,15,17-19,21,23-24,29-31,34,37,40-77H2,1-5H3/b10-8-,16-14-,22-20-,27-25-,28-26-,33-32-,36-35-,39-38-. The minimum atomic E-state index is -1.62. The van der Waals surface area contributed by atoms with Gasteiger partial charge in [-0.1, -0.05) is 336 Å². The summed E-state index contributed by atoms with van der Waals surface area (Å²) in [5.41, 5.74) is 0. The molecule has 2 unspecified atom stereocenters. The van der Waals surface area contributed by atoms with Crippen molar-refractivity contribution in [1.29, 1.82) is 0 Å². The van der Waals surface area contributed by atoms with Gasteiger partial charge in [0.2, 0.25) is 0 Å². The number of esters is 2. The lowest BCUT2D eigenvalue weighted by atomic mass is 10.0. The Bertz CT molecular complexity index is 1820. The summed E-state index contributed by atoms with van der Waals surface area (Å²) in [7, 11) is 5.94. The van der Waals surface area contributed by atoms with E-state index in [-0.39, 0.29) is 32.2 Å². The van der Waals surface area contributed by atoms with Crippen LogP contribution >= 0.6 is 0 Å². The summed E-state index contributed by atoms with van der Waals surface area (Å²) < 4.78 is 22.8. The molecule has 2 atom stereocenters. The van der Waals surface area contributed by atoms with Gasteiger partial charge < -0.3 is 33.3 Å². The minimum Gasteiger partial charge on any atom is -0.545 e. The fourth-order valence-electron chi connectivity index (χ4n) is 11.0. The van der Waals surface area contributed by atoms with E-state index in [1.54, 1.807) is 0 Å². The lowest BCUT2D eigenvalue weighted by molar-refractivity contribution is -0.870. The second-order valence-electron chi connectivity index (χ2n) is 26.9. The zero-order chi connectivity index (χ0) is 66.1. The van der Waals surface area contributed by atoms with E-state index in [9.17, 15) is 19.5 Å². The summed E-state index contributed by atoms with van der Waals surface area (Å²) in [5, 5.41) is 11.8. The number of carbonyl (C=O) groups is 3. The fraction of sp³-hybridized carbons (Fsp3) is 0.768. The number of nitrogens with zero attached hydrogens (tertiary/aromatic N) is 1. The molecule has 0 amide bonds. The molecule has 0 N–H and O–H groups in total. The number of carboxylic acid groups (broad SMARTS) is 1. The summed E-state index contributed by atoms with van der Waals surface area (Å²) in [6.45, 7) is 4.68. The molecule has 0 aliphatic heterocycles. The van der Waals surface area contributed by atoms with Crippen LogP contribution in [0.15, 0.2) is 97.2 Å². The number of ether oxygens (including phenoxy) is 4. The second-order valence-corrected chi connectivity index (χ2v) is 26.9. The predicted molar refractivity (Wildman–Crippen MR) is 389 cm³/mol. The van der Waals surface area contributed by atoms with Crippen molar-refractivity contribution in [2.24, 2.45) is 0 Å². The third-order valence-electron chi connectivity index (χ3n) is 16.8. The van der Waals surface area contributed by atoms with Crippen LogP contribution in [-0.2, 0) is 33.3 Å². The molecule has 0 saturated carbocycles. The molecule has 0 aromatic rings. The minimum absolute atomic E-state index is 0.147. The molecule has 0 bridgehead atoms. The van der Waals surface area contributed by atoms with Gasteiger partial charge in [0.05, 0.1) is 40.3 Å². The lowest BCUT2D eigenvalue weighted by Gasteiger charge is -2.26. The van der Waals surface area contributed by atoms with Crippen molar-refractivity contribution in [3.05, 3.63) is 97.2 Å². The van der Waals surface area contributed by atoms with Gasteiger partial charge in [-0.3, -0.25) is 9.59 Å². The van der Waals surface area contributed by atoms with Crippen LogP contribution in [0.2, 0.25) is 0 Å². The molecule has 0 aliphatic carbocycles. The molecule has 0 aromatic heterocycles. The van der Waals surface area contributed by atoms with Gasteiger partial charge in [-0.25, -0.2) is 0 Å². The van der Waals surface area contributed by atoms with Gasteiger partial charge >= 0.3 is 11.9 Å². The highest BCUT2D eigenvalue weighted by atomic mass is 16.7. The maximum absolute atomic E-state index is 13.0. The quantitative estimate of drug-likeness (QED) is 0.0195. The Labute approximate surface area is 562 Å². The Balaban J connectivity index is 4.01. The first-order chi connectivity index (χ1) is 44.6. The molecule has 91 heavy (non-hydrogen) atoms. The van der Waals surface area contributed by atoms with E-state index in [2.05, 4.69) is 111 Å². The molecule has 0 aliphatic rings. The van der Waals surface area contributed by atoms with Crippen LogP contribution in [0.25, 0.3) is 0 Å². The van der Waals surface area contributed by atoms with Gasteiger partial charge in [-0.15, -0.1) is 0 Å². The molecule has 0 aromatic carbocycles. The van der Waals surface area contributed by atoms with E-state index >= 15 is 0 Å². The van der Waals surface area contributed by atoms with Gasteiger partial charge in [-0.05, 0) is 96.3 Å². The highest BCUT2D eigenvalue weighted by Gasteiger charge is 2.22. The summed E-state index contributed by atoms with van der Waals surface area (Å²) in [6, 6.07) is 0. The fourth-order valence-corrected chi connectivity index (χ4v) is 11.0. The first kappa shape index (κ1) is 87.2. The summed E-state index contributed by atoms with van der Waals surface area (Å²) >= 11 is 0. The Hall–Kier alpha value is -3.79. The SMILES string of the molecule is CC/C=C\C/C=C\C/C=C\C/C=C\C/C=C\C/C=C\C/C=C\CCCCCCCCCCCCCCCCCCCCCC(=O)OC(COC(=O)CCCCCCCCCCCCCCC/C=C\CCCCCCCCCC)COC(OCC[N+](C)(C)C)C(=O)[O-]. The van der Waals surface area contributed by atoms with Gasteiger partial charge in [0.1, 0.15) is 13.2 Å². The van der Waals surface area contributed by atoms with Crippen LogP contribution in [0, 0.1) is 0 Å². The van der Waals surface area contributed by atoms with Gasteiger partial charge in [-0.2, -0.15) is 0 Å². The molecular formula is C82H145NO8. The number of rotatable bonds is 71. The Kier molecular flexibility index (Phi) is 69.0. The van der Waals surface area contributed by atoms with Gasteiger partial charge in [0, 0.05) is 12.8 Å². The number of unbranched alkanes of at least 4 members (excludes halogenated alkanes) is 40. The summed E-state index contributed by atoms with van der Waals surface area (Å²) in [6.07, 6.45) is 96.6. The average Bonchev–Trinajstić information content (AvgIpc) is 3.53. The third kappa shape index (κ3) is 73.5. The largest absolute Gasteiger partial charge is 0.545 e. The molecule has 0 radical (unpaired) electrons. The molecule has 9 heteroatoms. The zero-order valence-electron chi connectivity index (χ0n) is 60.2. The molecule has 9 nitrogen and oxygen atoms in total. The number of carbonyl (C=O) groups excluding carboxylic acids is 3. The number of allylic oxidation sites excluding steroid dienone is 16. The molecule has 0 rings (SSSR count). The lowest BCUT2D eigenvalue weighted by Crippen LogP contribution is -2.44. The van der Waals surface area contributed by atoms with Crippen LogP contribution < -0.4 is 5.11 Å². The molecule has 0 fully saturated rings. The smallest absolute Gasteiger partial charge is 0.306 e. The van der Waals surface area contributed by atoms with Gasteiger partial charge in [0.25, 0.3) is 0 Å². The predicted octanol–water partition coefficient (Wildman–Crippen LogP) is 23.0. The maximum atomic E-state index is 13.0. The summed E-state index contributed by atoms with van der Waals surface area (Å²) in [5.74, 6) is -2.26. The Morgan fingerprint density at radius 3 is 0.945 bits per heavy atom. The molecule has 0 saturated heterocycles. The van der Waals surface area contributed by atoms with E-state index in [1.165, 1.54) is 238 Å². The van der Waals surface area contributed by atoms with Crippen molar-refractivity contribution >= 4 is 17.9 Å². The van der Waals surface area contributed by atoms with Crippen molar-refractivity contribution in [3.63, 3.8) is 0 Å². The van der Waals surface area contributed by atoms with Gasteiger partial charge in [0.15, 0.2) is 12.4 Å². The molecule has 0 heterocycles. The highest BCUT2D eigenvalue weighted by Crippen LogP contribution is 2.18. The number of quaternary nitrogens is 1. The average molecular weight is 1270 g/mol. The highest BCUT2D eigenvalue weighted by molar-refractivity contribution is 5.70. The molecule has 526 valence electrons. The normalized spacial score (nSPS) is 13.2. The first-order valence-electron chi connectivity index (χ1n) is 38.4. The van der Waals surface area contributed by atoms with Crippen LogP contribution in [0.1, 0.15) is 348 Å². The van der Waals surface area contributed by atoms with E-state index in [1.807, 2.05) is 21.1 Å². The third-order valence-corrected chi connectivity index (χ3v) is 16.8. The number of carboxylic acids is 1. The molecule has 0 spiro atoms. The first-order valence-corrected chi connectivity index (χ1v) is 38.4. The number of hydrogen-bond donors (Lipinski definition) is 0. The van der Waals surface area contributed by atoms with E-state index in [0.717, 1.165) is 77.0 Å². The summed E-state index contributed by atoms with van der Waals surface area (Å²) in [4.78, 5) is 37.6. The van der Waals surface area contributed by atoms with Crippen molar-refractivity contribution in [1.82, 2.24) is 0 Å². The van der Waals surface area contributed by atoms with Crippen LogP contribution in [0.4, 0.5) is 0 Å². The number of hydrogen-bond acceptors (Lipinski definition) is 8. The van der Waals surface area contributed by atoms with E-state index < -0.39 is 24.3 Å². The Morgan fingerprint density at radius 1 is 0.341 bits per heavy atom. The van der Waals surface area contributed by atoms with Crippen LogP contribution in [0.5, 0.6) is 0 Å².